The second kappa shape index (κ2) is 7.73. The maximum absolute atomic E-state index is 13.5. The van der Waals surface area contributed by atoms with Crippen LogP contribution >= 0.6 is 43.5 Å². The van der Waals surface area contributed by atoms with Crippen molar-refractivity contribution in [1.82, 2.24) is 5.32 Å². The van der Waals surface area contributed by atoms with Crippen LogP contribution in [-0.4, -0.2) is 6.54 Å². The van der Waals surface area contributed by atoms with Crippen LogP contribution < -0.4 is 5.32 Å². The Bertz CT molecular complexity index is 613. The van der Waals surface area contributed by atoms with E-state index < -0.39 is 0 Å². The van der Waals surface area contributed by atoms with E-state index in [0.29, 0.717) is 11.4 Å². The fourth-order valence-electron chi connectivity index (χ4n) is 2.28. The first kappa shape index (κ1) is 16.9. The lowest BCUT2D eigenvalue weighted by atomic mass is 9.98. The smallest absolute Gasteiger partial charge is 0.124 e. The molecule has 2 rings (SSSR count). The van der Waals surface area contributed by atoms with Crippen LogP contribution in [0.15, 0.2) is 45.3 Å². The van der Waals surface area contributed by atoms with E-state index in [9.17, 15) is 4.39 Å². The normalized spacial score (nSPS) is 12.4. The quantitative estimate of drug-likeness (QED) is 0.617. The van der Waals surface area contributed by atoms with Gasteiger partial charge in [0.2, 0.25) is 0 Å². The van der Waals surface area contributed by atoms with Crippen molar-refractivity contribution in [3.8, 4) is 0 Å². The Kier molecular flexibility index (Phi) is 6.23. The van der Waals surface area contributed by atoms with Crippen LogP contribution in [0.5, 0.6) is 0 Å². The van der Waals surface area contributed by atoms with Crippen LogP contribution in [0.3, 0.4) is 0 Å². The highest BCUT2D eigenvalue weighted by Gasteiger charge is 2.15. The summed E-state index contributed by atoms with van der Waals surface area (Å²) >= 11 is 13.1. The molecule has 1 N–H and O–H groups in total. The third kappa shape index (κ3) is 4.78. The molecular formula is C16H15Br2ClFN. The molecule has 0 aromatic heterocycles. The van der Waals surface area contributed by atoms with Gasteiger partial charge in [-0.15, -0.1) is 0 Å². The van der Waals surface area contributed by atoms with Crippen LogP contribution in [0.4, 0.5) is 4.39 Å². The van der Waals surface area contributed by atoms with Crippen molar-refractivity contribution in [2.24, 2.45) is 0 Å². The van der Waals surface area contributed by atoms with Gasteiger partial charge in [0.25, 0.3) is 0 Å². The highest BCUT2D eigenvalue weighted by Crippen LogP contribution is 2.29. The van der Waals surface area contributed by atoms with Gasteiger partial charge in [-0.25, -0.2) is 4.39 Å². The average Bonchev–Trinajstić information content (AvgIpc) is 2.40. The molecule has 0 aliphatic carbocycles. The summed E-state index contributed by atoms with van der Waals surface area (Å²) in [5.74, 6) is -0.241. The Morgan fingerprint density at radius 3 is 2.57 bits per heavy atom. The van der Waals surface area contributed by atoms with Crippen LogP contribution in [-0.2, 0) is 6.42 Å². The molecule has 1 nitrogen and oxygen atoms in total. The molecule has 0 bridgehead atoms. The van der Waals surface area contributed by atoms with E-state index in [2.05, 4.69) is 37.2 Å². The minimum absolute atomic E-state index is 0.0358. The second-order valence-electron chi connectivity index (χ2n) is 4.76. The highest BCUT2D eigenvalue weighted by molar-refractivity contribution is 9.10. The molecule has 0 heterocycles. The van der Waals surface area contributed by atoms with Gasteiger partial charge in [-0.3, -0.25) is 0 Å². The predicted molar refractivity (Wildman–Crippen MR) is 93.4 cm³/mol. The van der Waals surface area contributed by atoms with Crippen LogP contribution in [0.1, 0.15) is 24.1 Å². The minimum Gasteiger partial charge on any atom is -0.310 e. The summed E-state index contributed by atoms with van der Waals surface area (Å²) in [5, 5.41) is 4.12. The van der Waals surface area contributed by atoms with Crippen molar-refractivity contribution < 1.29 is 4.39 Å². The van der Waals surface area contributed by atoms with E-state index in [1.807, 2.05) is 31.2 Å². The molecule has 0 saturated heterocycles. The first-order valence-electron chi connectivity index (χ1n) is 6.63. The summed E-state index contributed by atoms with van der Waals surface area (Å²) in [5.41, 5.74) is 1.93. The van der Waals surface area contributed by atoms with E-state index in [0.717, 1.165) is 26.6 Å². The third-order valence-corrected chi connectivity index (χ3v) is 4.44. The summed E-state index contributed by atoms with van der Waals surface area (Å²) in [7, 11) is 0. The van der Waals surface area contributed by atoms with Crippen molar-refractivity contribution in [2.75, 3.05) is 6.54 Å². The molecule has 1 atom stereocenters. The lowest BCUT2D eigenvalue weighted by molar-refractivity contribution is 0.546. The maximum atomic E-state index is 13.5. The molecule has 5 heteroatoms. The summed E-state index contributed by atoms with van der Waals surface area (Å²) in [6, 6.07) is 10.8. The molecular weight excluding hydrogens is 420 g/mol. The fraction of sp³-hybridized carbons (Fsp3) is 0.250. The van der Waals surface area contributed by atoms with Crippen molar-refractivity contribution in [3.63, 3.8) is 0 Å². The fourth-order valence-corrected chi connectivity index (χ4v) is 3.43. The first-order valence-corrected chi connectivity index (χ1v) is 8.59. The standard InChI is InChI=1S/C16H15Br2ClFN/c1-2-21-16(14-9-11(17)3-4-15(14)19)7-10-5-12(18)8-13(20)6-10/h3-6,8-9,16,21H,2,7H2,1H3. The monoisotopic (exact) mass is 433 g/mol. The molecule has 0 aliphatic heterocycles. The van der Waals surface area contributed by atoms with Gasteiger partial charge in [0.15, 0.2) is 0 Å². The van der Waals surface area contributed by atoms with E-state index >= 15 is 0 Å². The zero-order chi connectivity index (χ0) is 15.4. The van der Waals surface area contributed by atoms with E-state index in [1.165, 1.54) is 6.07 Å². The van der Waals surface area contributed by atoms with Gasteiger partial charge >= 0.3 is 0 Å². The van der Waals surface area contributed by atoms with Gasteiger partial charge in [0.1, 0.15) is 5.82 Å². The number of hydrogen-bond acceptors (Lipinski definition) is 1. The summed E-state index contributed by atoms with van der Waals surface area (Å²) in [6.07, 6.45) is 0.667. The molecule has 0 amide bonds. The van der Waals surface area contributed by atoms with E-state index in [4.69, 9.17) is 11.6 Å². The molecule has 21 heavy (non-hydrogen) atoms. The van der Waals surface area contributed by atoms with Crippen molar-refractivity contribution in [2.45, 2.75) is 19.4 Å². The molecule has 112 valence electrons. The SMILES string of the molecule is CCNC(Cc1cc(F)cc(Br)c1)c1cc(Br)ccc1Cl. The van der Waals surface area contributed by atoms with Gasteiger partial charge in [0, 0.05) is 20.0 Å². The number of likely N-dealkylation sites (N-methyl/N-ethyl adjacent to an activating group) is 1. The number of nitrogens with one attached hydrogen (secondary N) is 1. The van der Waals surface area contributed by atoms with Gasteiger partial charge in [-0.05, 0) is 60.5 Å². The number of halogens is 4. The number of rotatable bonds is 5. The predicted octanol–water partition coefficient (Wildman–Crippen LogP) is 5.90. The van der Waals surface area contributed by atoms with E-state index in [-0.39, 0.29) is 11.9 Å². The van der Waals surface area contributed by atoms with Gasteiger partial charge in [-0.2, -0.15) is 0 Å². The Morgan fingerprint density at radius 1 is 1.14 bits per heavy atom. The first-order chi connectivity index (χ1) is 9.99. The molecule has 0 fully saturated rings. The van der Waals surface area contributed by atoms with Crippen molar-refractivity contribution in [3.05, 3.63) is 67.3 Å². The largest absolute Gasteiger partial charge is 0.310 e. The second-order valence-corrected chi connectivity index (χ2v) is 7.00. The lowest BCUT2D eigenvalue weighted by Crippen LogP contribution is -2.23. The van der Waals surface area contributed by atoms with Gasteiger partial charge in [-0.1, -0.05) is 50.4 Å². The number of hydrogen-bond donors (Lipinski definition) is 1. The van der Waals surface area contributed by atoms with Gasteiger partial charge in [0.05, 0.1) is 0 Å². The molecule has 0 aliphatic rings. The van der Waals surface area contributed by atoms with Gasteiger partial charge < -0.3 is 5.32 Å². The highest BCUT2D eigenvalue weighted by atomic mass is 79.9. The van der Waals surface area contributed by atoms with Crippen molar-refractivity contribution in [1.29, 1.82) is 0 Å². The molecule has 0 radical (unpaired) electrons. The summed E-state index contributed by atoms with van der Waals surface area (Å²) in [6.45, 7) is 2.85. The Hall–Kier alpha value is -0.420. The zero-order valence-electron chi connectivity index (χ0n) is 11.5. The third-order valence-electron chi connectivity index (χ3n) is 3.15. The van der Waals surface area contributed by atoms with Crippen LogP contribution in [0, 0.1) is 5.82 Å². The average molecular weight is 436 g/mol. The topological polar surface area (TPSA) is 12.0 Å². The van der Waals surface area contributed by atoms with Crippen molar-refractivity contribution >= 4 is 43.5 Å². The Balaban J connectivity index is 2.32. The van der Waals surface area contributed by atoms with Crippen LogP contribution in [0.2, 0.25) is 5.02 Å². The van der Waals surface area contributed by atoms with Crippen LogP contribution in [0.25, 0.3) is 0 Å². The summed E-state index contributed by atoms with van der Waals surface area (Å²) in [4.78, 5) is 0. The molecule has 2 aromatic rings. The Labute approximate surface area is 146 Å². The Morgan fingerprint density at radius 2 is 1.90 bits per heavy atom. The molecule has 0 spiro atoms. The maximum Gasteiger partial charge on any atom is 0.124 e. The molecule has 1 unspecified atom stereocenters. The van der Waals surface area contributed by atoms with E-state index in [1.54, 1.807) is 6.07 Å². The molecule has 2 aromatic carbocycles. The minimum atomic E-state index is -0.241. The zero-order valence-corrected chi connectivity index (χ0v) is 15.4. The molecule has 0 saturated carbocycles. The summed E-state index contributed by atoms with van der Waals surface area (Å²) < 4.78 is 15.2. The lowest BCUT2D eigenvalue weighted by Gasteiger charge is -2.20. The number of benzene rings is 2.